The Labute approximate surface area is 160 Å². The molecule has 2 heterocycles. The number of aryl methyl sites for hydroxylation is 1. The van der Waals surface area contributed by atoms with Crippen molar-refractivity contribution in [2.24, 2.45) is 0 Å². The standard InChI is InChI=1S/C16H10Cl2F3N3OS/c1-2-24-13-12(14(25)23-15(24)26)8(16(19,20)21)6-11(22-13)7-3-4-9(17)10(18)5-7/h3-6H,2H2,1H3,(H,23,25,26). The largest absolute Gasteiger partial charge is 0.417 e. The fourth-order valence-electron chi connectivity index (χ4n) is 2.59. The minimum Gasteiger partial charge on any atom is -0.303 e. The first-order valence-electron chi connectivity index (χ1n) is 7.34. The summed E-state index contributed by atoms with van der Waals surface area (Å²) >= 11 is 16.9. The van der Waals surface area contributed by atoms with Crippen molar-refractivity contribution in [1.29, 1.82) is 0 Å². The summed E-state index contributed by atoms with van der Waals surface area (Å²) in [5, 5.41) is -0.116. The zero-order valence-corrected chi connectivity index (χ0v) is 15.4. The van der Waals surface area contributed by atoms with E-state index in [0.29, 0.717) is 5.56 Å². The molecule has 3 aromatic rings. The quantitative estimate of drug-likeness (QED) is 0.560. The maximum atomic E-state index is 13.6. The number of pyridine rings is 1. The van der Waals surface area contributed by atoms with E-state index in [1.807, 2.05) is 0 Å². The van der Waals surface area contributed by atoms with Gasteiger partial charge in [0, 0.05) is 12.1 Å². The third-order valence-corrected chi connectivity index (χ3v) is 4.85. The van der Waals surface area contributed by atoms with Crippen molar-refractivity contribution >= 4 is 46.5 Å². The smallest absolute Gasteiger partial charge is 0.303 e. The summed E-state index contributed by atoms with van der Waals surface area (Å²) in [6.45, 7) is 1.93. The molecule has 0 saturated carbocycles. The van der Waals surface area contributed by atoms with Crippen molar-refractivity contribution in [1.82, 2.24) is 14.5 Å². The number of halogens is 5. The number of benzene rings is 1. The number of nitrogens with one attached hydrogen (secondary N) is 1. The van der Waals surface area contributed by atoms with Gasteiger partial charge in [-0.15, -0.1) is 0 Å². The maximum Gasteiger partial charge on any atom is 0.417 e. The second-order valence-corrected chi connectivity index (χ2v) is 6.58. The van der Waals surface area contributed by atoms with E-state index in [0.717, 1.165) is 6.07 Å². The van der Waals surface area contributed by atoms with E-state index < -0.39 is 22.7 Å². The van der Waals surface area contributed by atoms with Crippen LogP contribution in [-0.4, -0.2) is 14.5 Å². The van der Waals surface area contributed by atoms with E-state index in [-0.39, 0.29) is 32.7 Å². The van der Waals surface area contributed by atoms with E-state index in [1.54, 1.807) is 6.92 Å². The summed E-state index contributed by atoms with van der Waals surface area (Å²) in [6, 6.07) is 5.19. The number of hydrogen-bond donors (Lipinski definition) is 1. The molecule has 3 rings (SSSR count). The molecule has 0 spiro atoms. The summed E-state index contributed by atoms with van der Waals surface area (Å²) < 4.78 is 42.2. The van der Waals surface area contributed by atoms with Crippen LogP contribution in [0.15, 0.2) is 29.1 Å². The van der Waals surface area contributed by atoms with E-state index in [9.17, 15) is 18.0 Å². The average Bonchev–Trinajstić information content (AvgIpc) is 2.55. The zero-order valence-electron chi connectivity index (χ0n) is 13.1. The van der Waals surface area contributed by atoms with Crippen LogP contribution >= 0.6 is 35.4 Å². The van der Waals surface area contributed by atoms with Gasteiger partial charge in [-0.3, -0.25) is 9.78 Å². The Balaban J connectivity index is 2.49. The van der Waals surface area contributed by atoms with Crippen LogP contribution in [0.1, 0.15) is 12.5 Å². The monoisotopic (exact) mass is 419 g/mol. The first-order valence-corrected chi connectivity index (χ1v) is 8.50. The Kier molecular flexibility index (Phi) is 4.85. The number of hydrogen-bond acceptors (Lipinski definition) is 3. The van der Waals surface area contributed by atoms with Gasteiger partial charge in [-0.05, 0) is 37.3 Å². The molecule has 136 valence electrons. The molecule has 0 saturated heterocycles. The third kappa shape index (κ3) is 3.24. The lowest BCUT2D eigenvalue weighted by atomic mass is 10.1. The van der Waals surface area contributed by atoms with Crippen LogP contribution in [0.3, 0.4) is 0 Å². The lowest BCUT2D eigenvalue weighted by Crippen LogP contribution is -2.20. The molecule has 0 aliphatic carbocycles. The highest BCUT2D eigenvalue weighted by Gasteiger charge is 2.35. The summed E-state index contributed by atoms with van der Waals surface area (Å²) in [5.41, 5.74) is -1.83. The lowest BCUT2D eigenvalue weighted by Gasteiger charge is -2.15. The molecule has 0 aliphatic rings. The van der Waals surface area contributed by atoms with Gasteiger partial charge < -0.3 is 4.57 Å². The van der Waals surface area contributed by atoms with Gasteiger partial charge in [-0.25, -0.2) is 4.98 Å². The second kappa shape index (κ2) is 6.68. The van der Waals surface area contributed by atoms with Crippen LogP contribution in [-0.2, 0) is 12.7 Å². The number of fused-ring (bicyclic) bond motifs is 1. The van der Waals surface area contributed by atoms with Crippen molar-refractivity contribution in [2.45, 2.75) is 19.6 Å². The Morgan fingerprint density at radius 1 is 1.23 bits per heavy atom. The molecular weight excluding hydrogens is 410 g/mol. The molecule has 0 amide bonds. The first kappa shape index (κ1) is 18.9. The van der Waals surface area contributed by atoms with Crippen molar-refractivity contribution in [2.75, 3.05) is 0 Å². The highest BCUT2D eigenvalue weighted by Crippen LogP contribution is 2.36. The Bertz CT molecular complexity index is 1140. The topological polar surface area (TPSA) is 50.7 Å². The summed E-state index contributed by atoms with van der Waals surface area (Å²) in [5.74, 6) is 0. The molecular formula is C16H10Cl2F3N3OS. The van der Waals surface area contributed by atoms with E-state index in [2.05, 4.69) is 9.97 Å². The minimum atomic E-state index is -4.76. The molecule has 1 aromatic carbocycles. The van der Waals surface area contributed by atoms with Gasteiger partial charge in [0.25, 0.3) is 5.56 Å². The van der Waals surface area contributed by atoms with Gasteiger partial charge in [-0.2, -0.15) is 13.2 Å². The Hall–Kier alpha value is -1.90. The summed E-state index contributed by atoms with van der Waals surface area (Å²) in [7, 11) is 0. The SMILES string of the molecule is CCn1c(=S)[nH]c(=O)c2c(C(F)(F)F)cc(-c3ccc(Cl)c(Cl)c3)nc21. The molecule has 0 fully saturated rings. The van der Waals surface area contributed by atoms with Crippen LogP contribution in [0, 0.1) is 4.77 Å². The number of nitrogens with zero attached hydrogens (tertiary/aromatic N) is 2. The normalized spacial score (nSPS) is 11.9. The van der Waals surface area contributed by atoms with Gasteiger partial charge in [0.05, 0.1) is 26.7 Å². The molecule has 0 aliphatic heterocycles. The van der Waals surface area contributed by atoms with Crippen molar-refractivity contribution in [3.8, 4) is 11.3 Å². The van der Waals surface area contributed by atoms with E-state index in [4.69, 9.17) is 35.4 Å². The molecule has 0 radical (unpaired) electrons. The van der Waals surface area contributed by atoms with E-state index in [1.165, 1.54) is 22.8 Å². The number of aromatic amines is 1. The van der Waals surface area contributed by atoms with Gasteiger partial charge in [0.15, 0.2) is 4.77 Å². The van der Waals surface area contributed by atoms with Crippen LogP contribution in [0.2, 0.25) is 10.0 Å². The highest BCUT2D eigenvalue weighted by molar-refractivity contribution is 7.71. The predicted molar refractivity (Wildman–Crippen MR) is 97.3 cm³/mol. The molecule has 4 nitrogen and oxygen atoms in total. The number of rotatable bonds is 2. The zero-order chi connectivity index (χ0) is 19.2. The fraction of sp³-hybridized carbons (Fsp3) is 0.188. The maximum absolute atomic E-state index is 13.6. The molecule has 1 N–H and O–H groups in total. The predicted octanol–water partition coefficient (Wildman–Crippen LogP) is 5.47. The highest BCUT2D eigenvalue weighted by atomic mass is 35.5. The Morgan fingerprint density at radius 2 is 1.92 bits per heavy atom. The van der Waals surface area contributed by atoms with Crippen molar-refractivity contribution in [3.63, 3.8) is 0 Å². The molecule has 26 heavy (non-hydrogen) atoms. The average molecular weight is 420 g/mol. The van der Waals surface area contributed by atoms with E-state index >= 15 is 0 Å². The van der Waals surface area contributed by atoms with Crippen LogP contribution in [0.25, 0.3) is 22.3 Å². The lowest BCUT2D eigenvalue weighted by molar-refractivity contribution is -0.136. The Morgan fingerprint density at radius 3 is 2.50 bits per heavy atom. The van der Waals surface area contributed by atoms with Gasteiger partial charge in [0.1, 0.15) is 5.65 Å². The molecule has 10 heteroatoms. The minimum absolute atomic E-state index is 0.00286. The first-order chi connectivity index (χ1) is 12.1. The molecule has 2 aromatic heterocycles. The molecule has 0 bridgehead atoms. The fourth-order valence-corrected chi connectivity index (χ4v) is 3.20. The second-order valence-electron chi connectivity index (χ2n) is 5.38. The summed E-state index contributed by atoms with van der Waals surface area (Å²) in [4.78, 5) is 18.7. The van der Waals surface area contributed by atoms with Crippen molar-refractivity contribution < 1.29 is 13.2 Å². The van der Waals surface area contributed by atoms with Gasteiger partial charge >= 0.3 is 6.18 Å². The molecule has 0 unspecified atom stereocenters. The number of H-pyrrole nitrogens is 1. The van der Waals surface area contributed by atoms with Gasteiger partial charge in [0.2, 0.25) is 0 Å². The van der Waals surface area contributed by atoms with Crippen LogP contribution < -0.4 is 5.56 Å². The van der Waals surface area contributed by atoms with Crippen LogP contribution in [0.4, 0.5) is 13.2 Å². The third-order valence-electron chi connectivity index (χ3n) is 3.79. The van der Waals surface area contributed by atoms with Crippen LogP contribution in [0.5, 0.6) is 0 Å². The van der Waals surface area contributed by atoms with Crippen molar-refractivity contribution in [3.05, 3.63) is 55.0 Å². The molecule has 0 atom stereocenters. The number of aromatic nitrogens is 3. The van der Waals surface area contributed by atoms with Gasteiger partial charge in [-0.1, -0.05) is 29.3 Å². The number of alkyl halides is 3. The summed E-state index contributed by atoms with van der Waals surface area (Å²) in [6.07, 6.45) is -4.76.